The zero-order valence-corrected chi connectivity index (χ0v) is 18.5. The predicted octanol–water partition coefficient (Wildman–Crippen LogP) is 1.98. The minimum Gasteiger partial charge on any atom is -0.482 e. The maximum absolute atomic E-state index is 13.7. The van der Waals surface area contributed by atoms with Gasteiger partial charge in [-0.2, -0.15) is 0 Å². The van der Waals surface area contributed by atoms with Crippen molar-refractivity contribution in [2.24, 2.45) is 0 Å². The number of halogens is 1. The smallest absolute Gasteiger partial charge is 0.265 e. The molecule has 4 rings (SSSR count). The zero-order chi connectivity index (χ0) is 23.4. The Labute approximate surface area is 191 Å². The van der Waals surface area contributed by atoms with Crippen molar-refractivity contribution in [1.82, 2.24) is 9.80 Å². The summed E-state index contributed by atoms with van der Waals surface area (Å²) in [6.45, 7) is 5.20. The summed E-state index contributed by atoms with van der Waals surface area (Å²) in [7, 11) is 0. The number of benzene rings is 2. The lowest BCUT2D eigenvalue weighted by atomic mass is 10.1. The van der Waals surface area contributed by atoms with Crippen molar-refractivity contribution in [3.05, 3.63) is 53.8 Å². The first kappa shape index (κ1) is 22.7. The van der Waals surface area contributed by atoms with Gasteiger partial charge < -0.3 is 19.3 Å². The van der Waals surface area contributed by atoms with Crippen molar-refractivity contribution in [2.75, 3.05) is 57.4 Å². The van der Waals surface area contributed by atoms with Crippen molar-refractivity contribution in [3.63, 3.8) is 0 Å². The Bertz CT molecular complexity index is 1050. The van der Waals surface area contributed by atoms with Gasteiger partial charge in [-0.1, -0.05) is 19.1 Å². The van der Waals surface area contributed by atoms with Crippen LogP contribution in [-0.2, 0) is 9.59 Å². The molecule has 0 bridgehead atoms. The molecule has 0 aromatic heterocycles. The van der Waals surface area contributed by atoms with Gasteiger partial charge >= 0.3 is 0 Å². The summed E-state index contributed by atoms with van der Waals surface area (Å²) in [4.78, 5) is 43.5. The van der Waals surface area contributed by atoms with Gasteiger partial charge in [-0.05, 0) is 36.9 Å². The number of Topliss-reactive ketones (excluding diaryl/α,β-unsaturated/α-hetero) is 1. The monoisotopic (exact) mass is 455 g/mol. The maximum atomic E-state index is 13.7. The summed E-state index contributed by atoms with van der Waals surface area (Å²) in [6, 6.07) is 10.5. The molecule has 174 valence electrons. The third-order valence-electron chi connectivity index (χ3n) is 5.88. The van der Waals surface area contributed by atoms with E-state index in [-0.39, 0.29) is 48.7 Å². The van der Waals surface area contributed by atoms with Gasteiger partial charge in [0, 0.05) is 31.7 Å². The molecule has 2 heterocycles. The van der Waals surface area contributed by atoms with Gasteiger partial charge in [0.25, 0.3) is 5.91 Å². The van der Waals surface area contributed by atoms with Gasteiger partial charge in [0.05, 0.1) is 5.69 Å². The number of hydrogen-bond acceptors (Lipinski definition) is 6. The number of para-hydroxylation sites is 1. The van der Waals surface area contributed by atoms with E-state index in [1.807, 2.05) is 0 Å². The molecule has 2 aliphatic heterocycles. The van der Waals surface area contributed by atoms with Crippen LogP contribution >= 0.6 is 0 Å². The summed E-state index contributed by atoms with van der Waals surface area (Å²) in [5.41, 5.74) is 0.640. The minimum absolute atomic E-state index is 0.0160. The number of nitrogens with zero attached hydrogens (tertiary/aromatic N) is 3. The first-order valence-corrected chi connectivity index (χ1v) is 10.9. The number of rotatable bonds is 7. The molecule has 0 saturated carbocycles. The summed E-state index contributed by atoms with van der Waals surface area (Å²) >= 11 is 0. The van der Waals surface area contributed by atoms with E-state index >= 15 is 0 Å². The Kier molecular flexibility index (Phi) is 6.88. The van der Waals surface area contributed by atoms with Crippen LogP contribution in [-0.4, -0.2) is 79.9 Å². The van der Waals surface area contributed by atoms with Crippen LogP contribution in [0, 0.1) is 5.82 Å². The van der Waals surface area contributed by atoms with E-state index in [0.29, 0.717) is 24.5 Å². The number of carbonyl (C=O) groups is 3. The first-order chi connectivity index (χ1) is 16.0. The summed E-state index contributed by atoms with van der Waals surface area (Å²) in [5, 5.41) is 0. The summed E-state index contributed by atoms with van der Waals surface area (Å²) in [5.74, 6) is -1.04. The molecule has 0 radical (unpaired) electrons. The lowest BCUT2D eigenvalue weighted by Gasteiger charge is -2.36. The fourth-order valence-corrected chi connectivity index (χ4v) is 3.89. The van der Waals surface area contributed by atoms with Crippen LogP contribution in [0.2, 0.25) is 0 Å². The van der Waals surface area contributed by atoms with Gasteiger partial charge in [0.15, 0.2) is 30.6 Å². The SMILES string of the molecule is CCN1CCN(C(=O)CN2C(=O)COc3ccc(C(=O)COc4ccccc4F)cc32)CC1. The van der Waals surface area contributed by atoms with E-state index in [1.54, 1.807) is 23.1 Å². The van der Waals surface area contributed by atoms with Crippen LogP contribution in [0.15, 0.2) is 42.5 Å². The van der Waals surface area contributed by atoms with E-state index in [1.165, 1.54) is 29.2 Å². The lowest BCUT2D eigenvalue weighted by Crippen LogP contribution is -2.52. The molecule has 9 heteroatoms. The van der Waals surface area contributed by atoms with Crippen molar-refractivity contribution in [1.29, 1.82) is 0 Å². The average molecular weight is 455 g/mol. The third-order valence-corrected chi connectivity index (χ3v) is 5.88. The molecule has 0 spiro atoms. The molecule has 1 fully saturated rings. The molecule has 2 aromatic carbocycles. The van der Waals surface area contributed by atoms with Gasteiger partial charge in [0.2, 0.25) is 5.91 Å². The van der Waals surface area contributed by atoms with Gasteiger partial charge in [-0.25, -0.2) is 4.39 Å². The van der Waals surface area contributed by atoms with E-state index in [4.69, 9.17) is 9.47 Å². The average Bonchev–Trinajstić information content (AvgIpc) is 2.84. The molecule has 8 nitrogen and oxygen atoms in total. The minimum atomic E-state index is -0.556. The van der Waals surface area contributed by atoms with Crippen LogP contribution in [0.1, 0.15) is 17.3 Å². The highest BCUT2D eigenvalue weighted by molar-refractivity contribution is 6.04. The van der Waals surface area contributed by atoms with Crippen LogP contribution in [0.4, 0.5) is 10.1 Å². The molecule has 0 unspecified atom stereocenters. The van der Waals surface area contributed by atoms with Crippen LogP contribution < -0.4 is 14.4 Å². The van der Waals surface area contributed by atoms with Crippen molar-refractivity contribution < 1.29 is 28.2 Å². The van der Waals surface area contributed by atoms with Gasteiger partial charge in [-0.3, -0.25) is 19.3 Å². The number of piperazine rings is 1. The Morgan fingerprint density at radius 3 is 2.58 bits per heavy atom. The summed E-state index contributed by atoms with van der Waals surface area (Å²) < 4.78 is 24.5. The Morgan fingerprint density at radius 1 is 1.09 bits per heavy atom. The van der Waals surface area contributed by atoms with E-state index in [0.717, 1.165) is 19.6 Å². The highest BCUT2D eigenvalue weighted by atomic mass is 19.1. The van der Waals surface area contributed by atoms with E-state index in [2.05, 4.69) is 11.8 Å². The number of likely N-dealkylation sites (N-methyl/N-ethyl adjacent to an activating group) is 1. The fourth-order valence-electron chi connectivity index (χ4n) is 3.89. The standard InChI is InChI=1S/C24H26FN3O5/c1-2-26-9-11-27(12-10-26)23(30)14-28-19-13-17(7-8-22(19)33-16-24(28)31)20(29)15-32-21-6-4-3-5-18(21)25/h3-8,13H,2,9-12,14-16H2,1H3. The third kappa shape index (κ3) is 5.14. The molecule has 0 atom stereocenters. The molecule has 33 heavy (non-hydrogen) atoms. The Balaban J connectivity index is 1.46. The number of ketones is 1. The first-order valence-electron chi connectivity index (χ1n) is 10.9. The number of amides is 2. The number of fused-ring (bicyclic) bond motifs is 1. The highest BCUT2D eigenvalue weighted by Gasteiger charge is 2.30. The second-order valence-corrected chi connectivity index (χ2v) is 7.91. The molecule has 0 N–H and O–H groups in total. The zero-order valence-electron chi connectivity index (χ0n) is 18.5. The van der Waals surface area contributed by atoms with Crippen molar-refractivity contribution >= 4 is 23.3 Å². The molecule has 1 saturated heterocycles. The summed E-state index contributed by atoms with van der Waals surface area (Å²) in [6.07, 6.45) is 0. The quantitative estimate of drug-likeness (QED) is 0.594. The van der Waals surface area contributed by atoms with Crippen LogP contribution in [0.5, 0.6) is 11.5 Å². The lowest BCUT2D eigenvalue weighted by molar-refractivity contribution is -0.133. The van der Waals surface area contributed by atoms with Crippen LogP contribution in [0.3, 0.4) is 0 Å². The second kappa shape index (κ2) is 9.99. The Morgan fingerprint density at radius 2 is 1.85 bits per heavy atom. The number of anilines is 1. The molecule has 2 aliphatic rings. The molecular weight excluding hydrogens is 429 g/mol. The predicted molar refractivity (Wildman–Crippen MR) is 119 cm³/mol. The van der Waals surface area contributed by atoms with Gasteiger partial charge in [-0.15, -0.1) is 0 Å². The van der Waals surface area contributed by atoms with E-state index < -0.39 is 5.82 Å². The number of hydrogen-bond donors (Lipinski definition) is 0. The molecule has 2 aromatic rings. The normalized spacial score (nSPS) is 16.2. The highest BCUT2D eigenvalue weighted by Crippen LogP contribution is 2.33. The number of carbonyl (C=O) groups excluding carboxylic acids is 3. The molecule has 2 amide bonds. The van der Waals surface area contributed by atoms with Crippen molar-refractivity contribution in [3.8, 4) is 11.5 Å². The topological polar surface area (TPSA) is 79.4 Å². The Hall–Kier alpha value is -3.46. The van der Waals surface area contributed by atoms with Gasteiger partial charge in [0.1, 0.15) is 12.3 Å². The van der Waals surface area contributed by atoms with Crippen LogP contribution in [0.25, 0.3) is 0 Å². The van der Waals surface area contributed by atoms with Crippen molar-refractivity contribution in [2.45, 2.75) is 6.92 Å². The second-order valence-electron chi connectivity index (χ2n) is 7.91. The molecular formula is C24H26FN3O5. The van der Waals surface area contributed by atoms with E-state index in [9.17, 15) is 18.8 Å². The fraction of sp³-hybridized carbons (Fsp3) is 0.375. The number of ether oxygens (including phenoxy) is 2. The largest absolute Gasteiger partial charge is 0.482 e. The molecule has 0 aliphatic carbocycles. The maximum Gasteiger partial charge on any atom is 0.265 e.